The average Bonchev–Trinajstić information content (AvgIpc) is 3.12. The number of rotatable bonds is 4. The highest BCUT2D eigenvalue weighted by atomic mass is 19.3. The van der Waals surface area contributed by atoms with Gasteiger partial charge in [0, 0.05) is 35.3 Å². The number of nitrogens with one attached hydrogen (secondary N) is 2. The lowest BCUT2D eigenvalue weighted by Crippen LogP contribution is -2.26. The lowest BCUT2D eigenvalue weighted by Gasteiger charge is -2.10. The molecule has 23 heavy (non-hydrogen) atoms. The second-order valence-corrected chi connectivity index (χ2v) is 5.47. The van der Waals surface area contributed by atoms with Gasteiger partial charge in [0.1, 0.15) is 5.69 Å². The van der Waals surface area contributed by atoms with Crippen LogP contribution in [0.1, 0.15) is 41.0 Å². The second-order valence-electron chi connectivity index (χ2n) is 5.47. The Morgan fingerprint density at radius 3 is 2.74 bits per heavy atom. The van der Waals surface area contributed by atoms with Crippen molar-refractivity contribution in [3.63, 3.8) is 0 Å². The van der Waals surface area contributed by atoms with Crippen LogP contribution in [0, 0.1) is 0 Å². The third kappa shape index (κ3) is 3.08. The molecule has 0 saturated carbocycles. The van der Waals surface area contributed by atoms with Crippen molar-refractivity contribution in [2.45, 2.75) is 19.4 Å². The fourth-order valence-electron chi connectivity index (χ4n) is 2.42. The molecule has 0 spiro atoms. The molecule has 0 bridgehead atoms. The molecule has 1 aromatic carbocycles. The molecule has 0 radical (unpaired) electrons. The zero-order valence-electron chi connectivity index (χ0n) is 12.7. The predicted molar refractivity (Wildman–Crippen MR) is 82.3 cm³/mol. The smallest absolute Gasteiger partial charge is 0.268 e. The summed E-state index contributed by atoms with van der Waals surface area (Å²) < 4.78 is 27.1. The maximum Gasteiger partial charge on any atom is 0.268 e. The van der Waals surface area contributed by atoms with Crippen LogP contribution in [0.2, 0.25) is 0 Å². The molecule has 3 aromatic rings. The van der Waals surface area contributed by atoms with E-state index in [4.69, 9.17) is 0 Å². The first kappa shape index (κ1) is 15.2. The molecule has 7 heteroatoms. The molecule has 1 amide bonds. The van der Waals surface area contributed by atoms with Gasteiger partial charge in [-0.2, -0.15) is 5.10 Å². The standard InChI is InChI=1S/C16H16F2N4O/c1-9(12-7-19-22(2)8-12)20-16(23)14-5-10-3-4-11(15(17)18)6-13(10)21-14/h3-9,15,21H,1-2H3,(H,20,23). The Kier molecular flexibility index (Phi) is 3.85. The number of halogens is 2. The highest BCUT2D eigenvalue weighted by molar-refractivity contribution is 5.98. The number of aromatic amines is 1. The molecule has 0 aliphatic heterocycles. The van der Waals surface area contributed by atoms with Crippen LogP contribution in [0.25, 0.3) is 10.9 Å². The third-order valence-corrected chi connectivity index (χ3v) is 3.72. The minimum atomic E-state index is -2.54. The number of hydrogen-bond donors (Lipinski definition) is 2. The number of alkyl halides is 2. The number of nitrogens with zero attached hydrogens (tertiary/aromatic N) is 2. The molecule has 0 saturated heterocycles. The van der Waals surface area contributed by atoms with Gasteiger partial charge in [-0.25, -0.2) is 8.78 Å². The van der Waals surface area contributed by atoms with E-state index in [0.29, 0.717) is 16.6 Å². The van der Waals surface area contributed by atoms with Crippen molar-refractivity contribution in [3.05, 3.63) is 53.5 Å². The van der Waals surface area contributed by atoms with Crippen molar-refractivity contribution in [1.29, 1.82) is 0 Å². The Labute approximate surface area is 131 Å². The second kappa shape index (κ2) is 5.83. The summed E-state index contributed by atoms with van der Waals surface area (Å²) >= 11 is 0. The molecular weight excluding hydrogens is 302 g/mol. The van der Waals surface area contributed by atoms with Crippen molar-refractivity contribution in [2.75, 3.05) is 0 Å². The van der Waals surface area contributed by atoms with E-state index in [2.05, 4.69) is 15.4 Å². The lowest BCUT2D eigenvalue weighted by atomic mass is 10.1. The topological polar surface area (TPSA) is 62.7 Å². The maximum atomic E-state index is 12.7. The number of carbonyl (C=O) groups is 1. The summed E-state index contributed by atoms with van der Waals surface area (Å²) in [4.78, 5) is 15.2. The van der Waals surface area contributed by atoms with Crippen LogP contribution in [0.3, 0.4) is 0 Å². The number of benzene rings is 1. The first-order valence-corrected chi connectivity index (χ1v) is 7.14. The van der Waals surface area contributed by atoms with E-state index in [1.165, 1.54) is 12.1 Å². The Bertz CT molecular complexity index is 853. The number of fused-ring (bicyclic) bond motifs is 1. The number of aromatic nitrogens is 3. The summed E-state index contributed by atoms with van der Waals surface area (Å²) in [5.41, 5.74) is 1.66. The van der Waals surface area contributed by atoms with E-state index in [1.54, 1.807) is 30.1 Å². The van der Waals surface area contributed by atoms with E-state index < -0.39 is 6.43 Å². The maximum absolute atomic E-state index is 12.7. The first-order chi connectivity index (χ1) is 10.9. The summed E-state index contributed by atoms with van der Waals surface area (Å²) in [5, 5.41) is 7.63. The van der Waals surface area contributed by atoms with Crippen LogP contribution >= 0.6 is 0 Å². The van der Waals surface area contributed by atoms with E-state index in [9.17, 15) is 13.6 Å². The van der Waals surface area contributed by atoms with Gasteiger partial charge in [0.25, 0.3) is 12.3 Å². The van der Waals surface area contributed by atoms with Crippen molar-refractivity contribution < 1.29 is 13.6 Å². The highest BCUT2D eigenvalue weighted by Crippen LogP contribution is 2.24. The molecule has 1 unspecified atom stereocenters. The van der Waals surface area contributed by atoms with Crippen molar-refractivity contribution in [2.24, 2.45) is 7.05 Å². The Balaban J connectivity index is 1.80. The van der Waals surface area contributed by atoms with Gasteiger partial charge in [0.15, 0.2) is 0 Å². The van der Waals surface area contributed by atoms with Crippen LogP contribution in [0.5, 0.6) is 0 Å². The minimum absolute atomic E-state index is 0.0740. The summed E-state index contributed by atoms with van der Waals surface area (Å²) in [6, 6.07) is 5.74. The monoisotopic (exact) mass is 318 g/mol. The molecule has 0 aliphatic rings. The minimum Gasteiger partial charge on any atom is -0.351 e. The predicted octanol–water partition coefficient (Wildman–Crippen LogP) is 3.33. The average molecular weight is 318 g/mol. The number of hydrogen-bond acceptors (Lipinski definition) is 2. The number of H-pyrrole nitrogens is 1. The van der Waals surface area contributed by atoms with E-state index >= 15 is 0 Å². The van der Waals surface area contributed by atoms with Crippen molar-refractivity contribution in [3.8, 4) is 0 Å². The Morgan fingerprint density at radius 2 is 2.09 bits per heavy atom. The number of amides is 1. The summed E-state index contributed by atoms with van der Waals surface area (Å²) in [6.45, 7) is 1.85. The van der Waals surface area contributed by atoms with Crippen LogP contribution < -0.4 is 5.32 Å². The molecule has 2 heterocycles. The van der Waals surface area contributed by atoms with Gasteiger partial charge in [-0.3, -0.25) is 9.48 Å². The first-order valence-electron chi connectivity index (χ1n) is 7.14. The van der Waals surface area contributed by atoms with Crippen LogP contribution in [-0.2, 0) is 7.05 Å². The molecule has 5 nitrogen and oxygen atoms in total. The Hall–Kier alpha value is -2.70. The fraction of sp³-hybridized carbons (Fsp3) is 0.250. The molecule has 2 N–H and O–H groups in total. The van der Waals surface area contributed by atoms with Gasteiger partial charge < -0.3 is 10.3 Å². The molecular formula is C16H16F2N4O. The quantitative estimate of drug-likeness (QED) is 0.775. The molecule has 2 aromatic heterocycles. The largest absolute Gasteiger partial charge is 0.351 e. The van der Waals surface area contributed by atoms with Crippen LogP contribution in [0.15, 0.2) is 36.7 Å². The van der Waals surface area contributed by atoms with Crippen molar-refractivity contribution >= 4 is 16.8 Å². The summed E-state index contributed by atoms with van der Waals surface area (Å²) in [6.07, 6.45) is 0.974. The zero-order valence-corrected chi connectivity index (χ0v) is 12.7. The van der Waals surface area contributed by atoms with E-state index in [1.807, 2.05) is 13.1 Å². The van der Waals surface area contributed by atoms with Crippen LogP contribution in [-0.4, -0.2) is 20.7 Å². The van der Waals surface area contributed by atoms with E-state index in [-0.39, 0.29) is 17.5 Å². The number of aryl methyl sites for hydroxylation is 1. The third-order valence-electron chi connectivity index (χ3n) is 3.72. The highest BCUT2D eigenvalue weighted by Gasteiger charge is 2.15. The lowest BCUT2D eigenvalue weighted by molar-refractivity contribution is 0.0935. The van der Waals surface area contributed by atoms with Crippen molar-refractivity contribution in [1.82, 2.24) is 20.1 Å². The summed E-state index contributed by atoms with van der Waals surface area (Å²) in [5.74, 6) is -0.295. The normalized spacial score (nSPS) is 12.7. The molecule has 3 rings (SSSR count). The van der Waals surface area contributed by atoms with Gasteiger partial charge in [0.2, 0.25) is 0 Å². The summed E-state index contributed by atoms with van der Waals surface area (Å²) in [7, 11) is 1.80. The van der Waals surface area contributed by atoms with Gasteiger partial charge in [-0.15, -0.1) is 0 Å². The van der Waals surface area contributed by atoms with Crippen LogP contribution in [0.4, 0.5) is 8.78 Å². The zero-order chi connectivity index (χ0) is 16.6. The fourth-order valence-corrected chi connectivity index (χ4v) is 2.42. The van der Waals surface area contributed by atoms with Gasteiger partial charge in [0.05, 0.1) is 12.2 Å². The van der Waals surface area contributed by atoms with Gasteiger partial charge in [-0.05, 0) is 19.1 Å². The molecule has 120 valence electrons. The van der Waals surface area contributed by atoms with Gasteiger partial charge in [-0.1, -0.05) is 12.1 Å². The molecule has 0 aliphatic carbocycles. The number of carbonyl (C=O) groups excluding carboxylic acids is 1. The molecule has 0 fully saturated rings. The van der Waals surface area contributed by atoms with E-state index in [0.717, 1.165) is 5.56 Å². The van der Waals surface area contributed by atoms with Gasteiger partial charge >= 0.3 is 0 Å². The Morgan fingerprint density at radius 1 is 1.30 bits per heavy atom. The SMILES string of the molecule is CC(NC(=O)c1cc2ccc(C(F)F)cc2[nH]1)c1cnn(C)c1. The molecule has 1 atom stereocenters.